The Morgan fingerprint density at radius 2 is 1.97 bits per heavy atom. The predicted octanol–water partition coefficient (Wildman–Crippen LogP) is 2.82. The summed E-state index contributed by atoms with van der Waals surface area (Å²) in [7, 11) is 2.02. The van der Waals surface area contributed by atoms with Gasteiger partial charge in [0.05, 0.1) is 37.2 Å². The summed E-state index contributed by atoms with van der Waals surface area (Å²) in [6, 6.07) is 5.52. The number of likely N-dealkylation sites (tertiary alicyclic amines) is 1. The van der Waals surface area contributed by atoms with Crippen LogP contribution in [0.1, 0.15) is 32.6 Å². The van der Waals surface area contributed by atoms with Crippen molar-refractivity contribution in [2.24, 2.45) is 11.8 Å². The highest BCUT2D eigenvalue weighted by Crippen LogP contribution is 2.45. The average molecular weight is 492 g/mol. The fourth-order valence-corrected chi connectivity index (χ4v) is 5.53. The number of carbonyl (C=O) groups excluding carboxylic acids is 2. The zero-order valence-corrected chi connectivity index (χ0v) is 20.2. The number of rotatable bonds is 7. The number of ether oxygens (including phenoxy) is 4. The van der Waals surface area contributed by atoms with Gasteiger partial charge >= 0.3 is 6.09 Å². The van der Waals surface area contributed by atoms with Crippen molar-refractivity contribution in [1.82, 2.24) is 9.80 Å². The quantitative estimate of drug-likeness (QED) is 0.322. The van der Waals surface area contributed by atoms with Crippen LogP contribution in [-0.2, 0) is 19.0 Å². The Bertz CT molecular complexity index is 918. The lowest BCUT2D eigenvalue weighted by atomic mass is 9.72. The van der Waals surface area contributed by atoms with Gasteiger partial charge in [-0.25, -0.2) is 9.69 Å². The number of piperidine rings is 1. The van der Waals surface area contributed by atoms with E-state index >= 15 is 0 Å². The summed E-state index contributed by atoms with van der Waals surface area (Å²) in [5.74, 6) is -0.899. The predicted molar refractivity (Wildman–Crippen MR) is 124 cm³/mol. The second kappa shape index (κ2) is 11.0. The Morgan fingerprint density at radius 1 is 1.26 bits per heavy atom. The maximum atomic E-state index is 13.6. The summed E-state index contributed by atoms with van der Waals surface area (Å²) in [5.41, 5.74) is -0.116. The van der Waals surface area contributed by atoms with Gasteiger partial charge < -0.3 is 23.8 Å². The molecule has 2 saturated heterocycles. The summed E-state index contributed by atoms with van der Waals surface area (Å²) in [4.78, 5) is 40.3. The van der Waals surface area contributed by atoms with E-state index in [0.29, 0.717) is 38.8 Å². The van der Waals surface area contributed by atoms with Crippen molar-refractivity contribution in [2.75, 3.05) is 46.6 Å². The Balaban J connectivity index is 1.46. The Labute approximate surface area is 204 Å². The zero-order valence-electron chi connectivity index (χ0n) is 20.2. The number of benzene rings is 1. The molecule has 35 heavy (non-hydrogen) atoms. The van der Waals surface area contributed by atoms with E-state index in [4.69, 9.17) is 18.9 Å². The minimum Gasteiger partial charge on any atom is -0.410 e. The molecule has 3 fully saturated rings. The monoisotopic (exact) mass is 491 g/mol. The van der Waals surface area contributed by atoms with Gasteiger partial charge in [0.25, 0.3) is 5.69 Å². The lowest BCUT2D eigenvalue weighted by Crippen LogP contribution is -2.56. The largest absolute Gasteiger partial charge is 0.422 e. The maximum Gasteiger partial charge on any atom is 0.422 e. The van der Waals surface area contributed by atoms with Gasteiger partial charge in [0.2, 0.25) is 5.91 Å². The first-order valence-electron chi connectivity index (χ1n) is 12.2. The van der Waals surface area contributed by atoms with Crippen molar-refractivity contribution < 1.29 is 33.5 Å². The molecular formula is C24H33N3O8. The molecule has 192 valence electrons. The van der Waals surface area contributed by atoms with Crippen molar-refractivity contribution in [3.63, 3.8) is 0 Å². The first kappa shape index (κ1) is 25.5. The van der Waals surface area contributed by atoms with E-state index in [9.17, 15) is 19.7 Å². The highest BCUT2D eigenvalue weighted by molar-refractivity contribution is 5.94. The Morgan fingerprint density at radius 3 is 2.63 bits per heavy atom. The summed E-state index contributed by atoms with van der Waals surface area (Å²) in [6.45, 7) is 4.27. The highest BCUT2D eigenvalue weighted by atomic mass is 16.7. The Kier molecular flexibility index (Phi) is 8.00. The SMILES string of the molecule is CCOCCN(C(=O)Oc1ccc([N+](=O)[O-])cc1)C(=O)[C@@H]1C[C@@H]2CC3(CC[C@H]2N(C)C1)OCCO3. The number of non-ortho nitro benzene ring substituents is 1. The number of nitrogens with zero attached hydrogens (tertiary/aromatic N) is 3. The number of carbonyl (C=O) groups is 2. The van der Waals surface area contributed by atoms with E-state index in [0.717, 1.165) is 24.2 Å². The fraction of sp³-hybridized carbons (Fsp3) is 0.667. The van der Waals surface area contributed by atoms with Crippen molar-refractivity contribution in [1.29, 1.82) is 0 Å². The summed E-state index contributed by atoms with van der Waals surface area (Å²) < 4.78 is 22.7. The van der Waals surface area contributed by atoms with Gasteiger partial charge in [0, 0.05) is 44.2 Å². The van der Waals surface area contributed by atoms with E-state index < -0.39 is 16.8 Å². The molecule has 1 aromatic carbocycles. The van der Waals surface area contributed by atoms with Crippen LogP contribution in [0.25, 0.3) is 0 Å². The summed E-state index contributed by atoms with van der Waals surface area (Å²) in [5, 5.41) is 10.9. The molecule has 1 aliphatic carbocycles. The average Bonchev–Trinajstić information content (AvgIpc) is 3.28. The second-order valence-electron chi connectivity index (χ2n) is 9.36. The molecule has 1 saturated carbocycles. The third kappa shape index (κ3) is 5.80. The molecule has 0 radical (unpaired) electrons. The van der Waals surface area contributed by atoms with E-state index in [1.54, 1.807) is 0 Å². The molecule has 3 aliphatic rings. The molecule has 0 aromatic heterocycles. The van der Waals surface area contributed by atoms with E-state index in [-0.39, 0.29) is 42.3 Å². The van der Waals surface area contributed by atoms with Gasteiger partial charge in [-0.05, 0) is 44.9 Å². The normalized spacial score (nSPS) is 25.7. The number of nitro groups is 1. The number of imide groups is 1. The highest BCUT2D eigenvalue weighted by Gasteiger charge is 2.49. The van der Waals surface area contributed by atoms with Gasteiger partial charge in [0.15, 0.2) is 5.79 Å². The van der Waals surface area contributed by atoms with Crippen LogP contribution in [0.4, 0.5) is 10.5 Å². The topological polar surface area (TPSA) is 121 Å². The van der Waals surface area contributed by atoms with Crippen molar-refractivity contribution >= 4 is 17.7 Å². The molecule has 2 aliphatic heterocycles. The van der Waals surface area contributed by atoms with Crippen molar-refractivity contribution in [2.45, 2.75) is 44.4 Å². The van der Waals surface area contributed by atoms with Crippen LogP contribution in [0.15, 0.2) is 24.3 Å². The molecule has 0 unspecified atom stereocenters. The van der Waals surface area contributed by atoms with Crippen LogP contribution in [0.5, 0.6) is 5.75 Å². The number of nitro benzene ring substituents is 1. The lowest BCUT2D eigenvalue weighted by Gasteiger charge is -2.49. The summed E-state index contributed by atoms with van der Waals surface area (Å²) >= 11 is 0. The minimum absolute atomic E-state index is 0.0585. The first-order valence-corrected chi connectivity index (χ1v) is 12.2. The molecule has 11 heteroatoms. The molecule has 2 amide bonds. The molecular weight excluding hydrogens is 458 g/mol. The van der Waals surface area contributed by atoms with Crippen LogP contribution in [0.2, 0.25) is 0 Å². The van der Waals surface area contributed by atoms with Crippen LogP contribution in [0.3, 0.4) is 0 Å². The van der Waals surface area contributed by atoms with E-state index in [2.05, 4.69) is 4.90 Å². The standard InChI is InChI=1S/C24H33N3O8/c1-3-32-11-10-26(23(29)35-20-6-4-19(5-7-20)27(30)31)22(28)18-14-17-15-24(33-12-13-34-24)9-8-21(17)25(2)16-18/h4-7,17-18,21H,3,8-16H2,1-2H3/t17-,18-,21-/m1/s1. The van der Waals surface area contributed by atoms with Gasteiger partial charge in [0.1, 0.15) is 5.75 Å². The first-order chi connectivity index (χ1) is 16.8. The number of hydrogen-bond donors (Lipinski definition) is 0. The maximum absolute atomic E-state index is 13.6. The molecule has 1 spiro atoms. The molecule has 0 N–H and O–H groups in total. The van der Waals surface area contributed by atoms with Gasteiger partial charge in [-0.15, -0.1) is 0 Å². The molecule has 4 rings (SSSR count). The third-order valence-corrected chi connectivity index (χ3v) is 7.17. The summed E-state index contributed by atoms with van der Waals surface area (Å²) in [6.07, 6.45) is 2.34. The third-order valence-electron chi connectivity index (χ3n) is 7.17. The van der Waals surface area contributed by atoms with Crippen molar-refractivity contribution in [3.8, 4) is 5.75 Å². The Hall–Kier alpha value is -2.60. The fourth-order valence-electron chi connectivity index (χ4n) is 5.53. The molecule has 0 bridgehead atoms. The molecule has 2 heterocycles. The van der Waals surface area contributed by atoms with Gasteiger partial charge in [-0.3, -0.25) is 14.9 Å². The number of amides is 2. The van der Waals surface area contributed by atoms with Crippen LogP contribution < -0.4 is 4.74 Å². The number of hydrogen-bond acceptors (Lipinski definition) is 9. The minimum atomic E-state index is -0.823. The second-order valence-corrected chi connectivity index (χ2v) is 9.36. The lowest BCUT2D eigenvalue weighted by molar-refractivity contribution is -0.384. The van der Waals surface area contributed by atoms with Crippen LogP contribution >= 0.6 is 0 Å². The van der Waals surface area contributed by atoms with Gasteiger partial charge in [-0.1, -0.05) is 0 Å². The van der Waals surface area contributed by atoms with Crippen LogP contribution in [0, 0.1) is 22.0 Å². The zero-order chi connectivity index (χ0) is 25.0. The number of fused-ring (bicyclic) bond motifs is 1. The van der Waals surface area contributed by atoms with Crippen molar-refractivity contribution in [3.05, 3.63) is 34.4 Å². The van der Waals surface area contributed by atoms with Gasteiger partial charge in [-0.2, -0.15) is 0 Å². The van der Waals surface area contributed by atoms with E-state index in [1.165, 1.54) is 24.3 Å². The smallest absolute Gasteiger partial charge is 0.410 e. The molecule has 3 atom stereocenters. The molecule has 11 nitrogen and oxygen atoms in total. The van der Waals surface area contributed by atoms with Crippen LogP contribution in [-0.4, -0.2) is 85.1 Å². The molecule has 1 aromatic rings. The van der Waals surface area contributed by atoms with E-state index in [1.807, 2.05) is 14.0 Å².